The van der Waals surface area contributed by atoms with E-state index in [1.807, 2.05) is 13.0 Å². The number of rotatable bonds is 10. The summed E-state index contributed by atoms with van der Waals surface area (Å²) in [6.45, 7) is 1.89. The van der Waals surface area contributed by atoms with E-state index in [4.69, 9.17) is 17.3 Å². The summed E-state index contributed by atoms with van der Waals surface area (Å²) in [5.74, 6) is -0.836. The second-order valence-electron chi connectivity index (χ2n) is 9.29. The number of nitrogens with two attached hydrogens (primary N) is 1. The highest BCUT2D eigenvalue weighted by Gasteiger charge is 2.28. The van der Waals surface area contributed by atoms with E-state index < -0.39 is 11.9 Å². The maximum atomic E-state index is 13.2. The Hall–Kier alpha value is -3.44. The SMILES string of the molecule is CC(Nc1cc(Cl)cnc1C(N)=O)c1ccc(C(=O)NC(CC2CCCC2)C(=O)Nc2cnn(C)c2)s1. The van der Waals surface area contributed by atoms with E-state index in [2.05, 4.69) is 26.0 Å². The number of amides is 3. The molecule has 3 aromatic heterocycles. The molecule has 37 heavy (non-hydrogen) atoms. The summed E-state index contributed by atoms with van der Waals surface area (Å²) in [6, 6.07) is 4.23. The Balaban J connectivity index is 1.45. The Morgan fingerprint density at radius 3 is 2.68 bits per heavy atom. The van der Waals surface area contributed by atoms with Gasteiger partial charge in [0.25, 0.3) is 11.8 Å². The molecule has 1 saturated carbocycles. The molecule has 4 rings (SSSR count). The minimum atomic E-state index is -0.671. The first-order valence-electron chi connectivity index (χ1n) is 12.1. The third-order valence-electron chi connectivity index (χ3n) is 6.38. The first-order chi connectivity index (χ1) is 17.7. The zero-order valence-electron chi connectivity index (χ0n) is 20.7. The zero-order valence-corrected chi connectivity index (χ0v) is 22.2. The molecule has 3 aromatic rings. The number of carbonyl (C=O) groups is 3. The Labute approximate surface area is 224 Å². The Kier molecular flexibility index (Phi) is 8.45. The maximum absolute atomic E-state index is 13.2. The number of nitrogens with zero attached hydrogens (tertiary/aromatic N) is 3. The predicted molar refractivity (Wildman–Crippen MR) is 144 cm³/mol. The number of anilines is 2. The molecule has 0 aromatic carbocycles. The van der Waals surface area contributed by atoms with Crippen molar-refractivity contribution in [3.63, 3.8) is 0 Å². The van der Waals surface area contributed by atoms with Crippen molar-refractivity contribution in [1.82, 2.24) is 20.1 Å². The van der Waals surface area contributed by atoms with Crippen LogP contribution in [0.1, 0.15) is 70.1 Å². The van der Waals surface area contributed by atoms with Gasteiger partial charge in [-0.2, -0.15) is 5.10 Å². The van der Waals surface area contributed by atoms with Crippen molar-refractivity contribution in [2.45, 2.75) is 51.1 Å². The molecule has 3 heterocycles. The number of thiophene rings is 1. The molecule has 0 radical (unpaired) electrons. The lowest BCUT2D eigenvalue weighted by Crippen LogP contribution is -2.44. The van der Waals surface area contributed by atoms with Crippen LogP contribution in [0.2, 0.25) is 5.02 Å². The Morgan fingerprint density at radius 1 is 1.24 bits per heavy atom. The van der Waals surface area contributed by atoms with Crippen molar-refractivity contribution in [3.05, 3.63) is 57.3 Å². The number of halogens is 1. The molecule has 0 saturated heterocycles. The summed E-state index contributed by atoms with van der Waals surface area (Å²) in [7, 11) is 1.77. The summed E-state index contributed by atoms with van der Waals surface area (Å²) in [5, 5.41) is 13.5. The van der Waals surface area contributed by atoms with Gasteiger partial charge in [0, 0.05) is 24.3 Å². The molecule has 2 unspecified atom stereocenters. The van der Waals surface area contributed by atoms with Gasteiger partial charge in [0.2, 0.25) is 5.91 Å². The lowest BCUT2D eigenvalue weighted by molar-refractivity contribution is -0.118. The van der Waals surface area contributed by atoms with Gasteiger partial charge in [0.05, 0.1) is 33.5 Å². The summed E-state index contributed by atoms with van der Waals surface area (Å²) >= 11 is 7.34. The van der Waals surface area contributed by atoms with E-state index >= 15 is 0 Å². The average Bonchev–Trinajstić information content (AvgIpc) is 3.61. The number of carbonyl (C=O) groups excluding carboxylic acids is 3. The van der Waals surface area contributed by atoms with Crippen molar-refractivity contribution in [3.8, 4) is 0 Å². The number of nitrogens with one attached hydrogen (secondary N) is 3. The molecule has 5 N–H and O–H groups in total. The minimum absolute atomic E-state index is 0.0835. The van der Waals surface area contributed by atoms with Gasteiger partial charge in [-0.3, -0.25) is 19.1 Å². The second kappa shape index (κ2) is 11.7. The molecule has 1 aliphatic rings. The molecule has 10 nitrogen and oxygen atoms in total. The summed E-state index contributed by atoms with van der Waals surface area (Å²) in [4.78, 5) is 43.3. The highest BCUT2D eigenvalue weighted by molar-refractivity contribution is 7.14. The van der Waals surface area contributed by atoms with Crippen molar-refractivity contribution < 1.29 is 14.4 Å². The molecular weight excluding hydrogens is 514 g/mol. The molecule has 1 fully saturated rings. The largest absolute Gasteiger partial charge is 0.376 e. The van der Waals surface area contributed by atoms with Gasteiger partial charge in [0.1, 0.15) is 6.04 Å². The summed E-state index contributed by atoms with van der Waals surface area (Å²) in [5.41, 5.74) is 6.51. The maximum Gasteiger partial charge on any atom is 0.269 e. The van der Waals surface area contributed by atoms with Gasteiger partial charge < -0.3 is 21.7 Å². The summed E-state index contributed by atoms with van der Waals surface area (Å²) < 4.78 is 1.61. The van der Waals surface area contributed by atoms with Crippen LogP contribution in [-0.4, -0.2) is 38.5 Å². The molecule has 0 aliphatic heterocycles. The van der Waals surface area contributed by atoms with Gasteiger partial charge >= 0.3 is 0 Å². The first kappa shape index (κ1) is 26.6. The molecule has 12 heteroatoms. The van der Waals surface area contributed by atoms with Crippen molar-refractivity contribution in [2.75, 3.05) is 10.6 Å². The smallest absolute Gasteiger partial charge is 0.269 e. The lowest BCUT2D eigenvalue weighted by atomic mass is 9.97. The van der Waals surface area contributed by atoms with Crippen LogP contribution < -0.4 is 21.7 Å². The average molecular weight is 544 g/mol. The molecule has 0 spiro atoms. The lowest BCUT2D eigenvalue weighted by Gasteiger charge is -2.21. The number of hydrogen-bond acceptors (Lipinski definition) is 7. The van der Waals surface area contributed by atoms with Crippen molar-refractivity contribution in [1.29, 1.82) is 0 Å². The van der Waals surface area contributed by atoms with E-state index in [1.165, 1.54) is 17.5 Å². The number of pyridine rings is 1. The van der Waals surface area contributed by atoms with Crippen molar-refractivity contribution in [2.24, 2.45) is 18.7 Å². The van der Waals surface area contributed by atoms with Crippen LogP contribution in [0.3, 0.4) is 0 Å². The third-order valence-corrected chi connectivity index (χ3v) is 7.85. The van der Waals surface area contributed by atoms with E-state index in [-0.39, 0.29) is 23.6 Å². The number of hydrogen-bond donors (Lipinski definition) is 4. The number of primary amides is 1. The van der Waals surface area contributed by atoms with Gasteiger partial charge in [0.15, 0.2) is 5.69 Å². The molecular formula is C25H30ClN7O3S. The van der Waals surface area contributed by atoms with Gasteiger partial charge in [-0.25, -0.2) is 4.98 Å². The first-order valence-corrected chi connectivity index (χ1v) is 13.3. The summed E-state index contributed by atoms with van der Waals surface area (Å²) in [6.07, 6.45) is 9.65. The molecule has 196 valence electrons. The Morgan fingerprint density at radius 2 is 2.00 bits per heavy atom. The number of aromatic nitrogens is 3. The number of aryl methyl sites for hydroxylation is 1. The van der Waals surface area contributed by atoms with Crippen LogP contribution in [0, 0.1) is 5.92 Å². The fourth-order valence-electron chi connectivity index (χ4n) is 4.51. The van der Waals surface area contributed by atoms with Gasteiger partial charge in [-0.1, -0.05) is 37.3 Å². The van der Waals surface area contributed by atoms with E-state index in [1.54, 1.807) is 36.3 Å². The zero-order chi connectivity index (χ0) is 26.5. The van der Waals surface area contributed by atoms with Crippen LogP contribution in [0.25, 0.3) is 0 Å². The molecule has 2 atom stereocenters. The Bertz CT molecular complexity index is 1280. The van der Waals surface area contributed by atoms with Crippen LogP contribution in [0.15, 0.2) is 36.8 Å². The topological polar surface area (TPSA) is 144 Å². The van der Waals surface area contributed by atoms with Crippen LogP contribution in [-0.2, 0) is 11.8 Å². The molecule has 1 aliphatic carbocycles. The second-order valence-corrected chi connectivity index (χ2v) is 10.8. The quantitative estimate of drug-likeness (QED) is 0.303. The standard InChI is InChI=1S/C25H30ClN7O3S/c1-14(30-18-10-16(26)11-28-22(18)23(27)34)20-7-8-21(37-20)25(36)32-19(9-15-5-3-4-6-15)24(35)31-17-12-29-33(2)13-17/h7-8,10-15,19,30H,3-6,9H2,1-2H3,(H2,27,34)(H,31,35)(H,32,36). The van der Waals surface area contributed by atoms with E-state index in [0.29, 0.717) is 33.6 Å². The fourth-order valence-corrected chi connectivity index (χ4v) is 5.58. The van der Waals surface area contributed by atoms with E-state index in [9.17, 15) is 14.4 Å². The van der Waals surface area contributed by atoms with E-state index in [0.717, 1.165) is 30.6 Å². The highest BCUT2D eigenvalue weighted by Crippen LogP contribution is 2.30. The highest BCUT2D eigenvalue weighted by atomic mass is 35.5. The normalized spacial score (nSPS) is 15.2. The van der Waals surface area contributed by atoms with Crippen molar-refractivity contribution >= 4 is 52.0 Å². The third kappa shape index (κ3) is 6.86. The van der Waals surface area contributed by atoms with Gasteiger partial charge in [-0.15, -0.1) is 11.3 Å². The van der Waals surface area contributed by atoms with Crippen LogP contribution >= 0.6 is 22.9 Å². The monoisotopic (exact) mass is 543 g/mol. The fraction of sp³-hybridized carbons (Fsp3) is 0.400. The molecule has 3 amide bonds. The minimum Gasteiger partial charge on any atom is -0.376 e. The van der Waals surface area contributed by atoms with Crippen LogP contribution in [0.5, 0.6) is 0 Å². The predicted octanol–water partition coefficient (Wildman–Crippen LogP) is 4.12. The molecule has 0 bridgehead atoms. The van der Waals surface area contributed by atoms with Gasteiger partial charge in [-0.05, 0) is 37.5 Å². The van der Waals surface area contributed by atoms with Crippen LogP contribution in [0.4, 0.5) is 11.4 Å².